The number of nitrogens with zero attached hydrogens (tertiary/aromatic N) is 4. The third-order valence-corrected chi connectivity index (χ3v) is 4.00. The second-order valence-corrected chi connectivity index (χ2v) is 5.62. The summed E-state index contributed by atoms with van der Waals surface area (Å²) in [7, 11) is 0. The minimum Gasteiger partial charge on any atom is -0.494 e. The molecule has 2 N–H and O–H groups in total. The fraction of sp³-hybridized carbons (Fsp3) is 0.278. The molecule has 0 saturated heterocycles. The number of hydrogen-bond donors (Lipinski definition) is 1. The minimum atomic E-state index is 0. The van der Waals surface area contributed by atoms with Crippen LogP contribution in [0.15, 0.2) is 58.6 Å². The van der Waals surface area contributed by atoms with E-state index in [0.717, 1.165) is 23.3 Å². The Bertz CT molecular complexity index is 784. The summed E-state index contributed by atoms with van der Waals surface area (Å²) in [6, 6.07) is 16.1. The largest absolute Gasteiger partial charge is 0.494 e. The Morgan fingerprint density at radius 2 is 1.96 bits per heavy atom. The molecule has 3 rings (SSSR count). The number of halogens is 1. The fourth-order valence-electron chi connectivity index (χ4n) is 2.79. The quantitative estimate of drug-likeness (QED) is 0.363. The van der Waals surface area contributed by atoms with Crippen molar-refractivity contribution < 1.29 is 4.74 Å². The molecule has 6 nitrogen and oxygen atoms in total. The number of rotatable bonds is 6. The zero-order valence-corrected chi connectivity index (χ0v) is 14.5. The maximum absolute atomic E-state index is 8.21. The van der Waals surface area contributed by atoms with E-state index in [1.807, 2.05) is 42.5 Å². The van der Waals surface area contributed by atoms with Gasteiger partial charge >= 0.3 is 0 Å². The van der Waals surface area contributed by atoms with Gasteiger partial charge in [0.1, 0.15) is 11.6 Å². The van der Waals surface area contributed by atoms with Crippen molar-refractivity contribution in [3.05, 3.63) is 75.7 Å². The third-order valence-electron chi connectivity index (χ3n) is 4.00. The van der Waals surface area contributed by atoms with E-state index in [-0.39, 0.29) is 18.4 Å². The summed E-state index contributed by atoms with van der Waals surface area (Å²) in [5.41, 5.74) is 17.7. The average Bonchev–Trinajstić information content (AvgIpc) is 2.62. The lowest BCUT2D eigenvalue weighted by Crippen LogP contribution is -2.22. The van der Waals surface area contributed by atoms with Crippen LogP contribution in [0.1, 0.15) is 29.2 Å². The Balaban J connectivity index is 0.00000225. The molecule has 2 aromatic carbocycles. The molecule has 0 amide bonds. The number of amidine groups is 1. The van der Waals surface area contributed by atoms with Crippen LogP contribution >= 0.6 is 12.4 Å². The van der Waals surface area contributed by atoms with Gasteiger partial charge in [0.15, 0.2) is 0 Å². The van der Waals surface area contributed by atoms with Crippen molar-refractivity contribution in [2.45, 2.75) is 18.9 Å². The van der Waals surface area contributed by atoms with Gasteiger partial charge in [-0.1, -0.05) is 41.5 Å². The van der Waals surface area contributed by atoms with Gasteiger partial charge in [0, 0.05) is 17.0 Å². The van der Waals surface area contributed by atoms with E-state index in [1.165, 1.54) is 5.56 Å². The molecule has 0 saturated carbocycles. The highest BCUT2D eigenvalue weighted by Crippen LogP contribution is 2.29. The number of fused-ring (bicyclic) bond motifs is 1. The van der Waals surface area contributed by atoms with Gasteiger partial charge < -0.3 is 10.5 Å². The van der Waals surface area contributed by atoms with Crippen LogP contribution < -0.4 is 10.5 Å². The van der Waals surface area contributed by atoms with Crippen LogP contribution in [0.5, 0.6) is 5.75 Å². The monoisotopic (exact) mass is 357 g/mol. The molecule has 0 aliphatic carbocycles. The topological polar surface area (TPSA) is 96.4 Å². The highest BCUT2D eigenvalue weighted by molar-refractivity contribution is 5.99. The van der Waals surface area contributed by atoms with Gasteiger partial charge in [-0.3, -0.25) is 4.99 Å². The van der Waals surface area contributed by atoms with E-state index in [2.05, 4.69) is 21.1 Å². The predicted octanol–water partition coefficient (Wildman–Crippen LogP) is 4.19. The first kappa shape index (κ1) is 18.6. The molecule has 130 valence electrons. The number of aliphatic imine (C=N–C) groups is 1. The summed E-state index contributed by atoms with van der Waals surface area (Å²) >= 11 is 0. The SMILES string of the molecule is Cl.[N-]=[N+]=NCCCOc1ccc(C2Cc3ccccc3C(N)=N2)cc1. The first-order chi connectivity index (χ1) is 11.8. The van der Waals surface area contributed by atoms with Crippen molar-refractivity contribution >= 4 is 18.2 Å². The van der Waals surface area contributed by atoms with Crippen molar-refractivity contribution in [3.8, 4) is 5.75 Å². The van der Waals surface area contributed by atoms with Gasteiger partial charge in [-0.2, -0.15) is 0 Å². The molecule has 1 aliphatic heterocycles. The molecule has 25 heavy (non-hydrogen) atoms. The number of azide groups is 1. The number of ether oxygens (including phenoxy) is 1. The summed E-state index contributed by atoms with van der Waals surface area (Å²) in [4.78, 5) is 7.34. The van der Waals surface area contributed by atoms with Gasteiger partial charge in [0.05, 0.1) is 12.6 Å². The third kappa shape index (κ3) is 4.66. The van der Waals surface area contributed by atoms with Crippen molar-refractivity contribution in [1.29, 1.82) is 0 Å². The zero-order valence-electron chi connectivity index (χ0n) is 13.7. The molecule has 0 fully saturated rings. The first-order valence-corrected chi connectivity index (χ1v) is 7.93. The van der Waals surface area contributed by atoms with Crippen molar-refractivity contribution in [1.82, 2.24) is 0 Å². The van der Waals surface area contributed by atoms with Gasteiger partial charge in [0.2, 0.25) is 0 Å². The summed E-state index contributed by atoms with van der Waals surface area (Å²) < 4.78 is 5.63. The summed E-state index contributed by atoms with van der Waals surface area (Å²) in [6.07, 6.45) is 1.55. The normalized spacial score (nSPS) is 15.2. The summed E-state index contributed by atoms with van der Waals surface area (Å²) in [6.45, 7) is 0.977. The van der Waals surface area contributed by atoms with Gasteiger partial charge in [-0.25, -0.2) is 0 Å². The summed E-state index contributed by atoms with van der Waals surface area (Å²) in [5, 5.41) is 3.48. The highest BCUT2D eigenvalue weighted by Gasteiger charge is 2.20. The molecule has 2 aromatic rings. The molecule has 0 aromatic heterocycles. The molecule has 0 radical (unpaired) electrons. The molecule has 1 aliphatic rings. The van der Waals surface area contributed by atoms with Crippen LogP contribution in [0, 0.1) is 0 Å². The Morgan fingerprint density at radius 3 is 2.72 bits per heavy atom. The lowest BCUT2D eigenvalue weighted by Gasteiger charge is -2.22. The van der Waals surface area contributed by atoms with Crippen LogP contribution in [0.25, 0.3) is 10.4 Å². The van der Waals surface area contributed by atoms with Crippen molar-refractivity contribution in [2.24, 2.45) is 15.8 Å². The molecular weight excluding hydrogens is 338 g/mol. The zero-order chi connectivity index (χ0) is 16.8. The van der Waals surface area contributed by atoms with Crippen LogP contribution in [0.2, 0.25) is 0 Å². The van der Waals surface area contributed by atoms with Gasteiger partial charge in [-0.05, 0) is 41.6 Å². The van der Waals surface area contributed by atoms with E-state index < -0.39 is 0 Å². The Morgan fingerprint density at radius 1 is 1.20 bits per heavy atom. The minimum absolute atomic E-state index is 0. The maximum atomic E-state index is 8.21. The molecule has 0 spiro atoms. The lowest BCUT2D eigenvalue weighted by atomic mass is 9.92. The van der Waals surface area contributed by atoms with Crippen LogP contribution in [0.3, 0.4) is 0 Å². The lowest BCUT2D eigenvalue weighted by molar-refractivity contribution is 0.313. The van der Waals surface area contributed by atoms with Crippen LogP contribution in [-0.2, 0) is 6.42 Å². The number of benzene rings is 2. The van der Waals surface area contributed by atoms with Crippen LogP contribution in [0.4, 0.5) is 0 Å². The van der Waals surface area contributed by atoms with E-state index in [0.29, 0.717) is 25.4 Å². The Kier molecular flexibility index (Phi) is 6.69. The second kappa shape index (κ2) is 8.97. The van der Waals surface area contributed by atoms with Crippen molar-refractivity contribution in [3.63, 3.8) is 0 Å². The van der Waals surface area contributed by atoms with E-state index in [1.54, 1.807) is 0 Å². The molecule has 0 bridgehead atoms. The second-order valence-electron chi connectivity index (χ2n) is 5.62. The van der Waals surface area contributed by atoms with Gasteiger partial charge in [-0.15, -0.1) is 12.4 Å². The fourth-order valence-corrected chi connectivity index (χ4v) is 2.79. The average molecular weight is 358 g/mol. The van der Waals surface area contributed by atoms with E-state index in [9.17, 15) is 0 Å². The smallest absolute Gasteiger partial charge is 0.126 e. The molecular formula is C18H20ClN5O. The predicted molar refractivity (Wildman–Crippen MR) is 101 cm³/mol. The Hall–Kier alpha value is -2.69. The number of hydrogen-bond acceptors (Lipinski definition) is 4. The molecule has 1 atom stereocenters. The van der Waals surface area contributed by atoms with E-state index >= 15 is 0 Å². The molecule has 7 heteroatoms. The first-order valence-electron chi connectivity index (χ1n) is 7.93. The van der Waals surface area contributed by atoms with Crippen LogP contribution in [-0.4, -0.2) is 19.0 Å². The highest BCUT2D eigenvalue weighted by atomic mass is 35.5. The summed E-state index contributed by atoms with van der Waals surface area (Å²) in [5.74, 6) is 1.40. The number of nitrogens with two attached hydrogens (primary N) is 1. The Labute approximate surface area is 152 Å². The van der Waals surface area contributed by atoms with Crippen molar-refractivity contribution in [2.75, 3.05) is 13.2 Å². The maximum Gasteiger partial charge on any atom is 0.126 e. The standard InChI is InChI=1S/C18H19N5O.ClH/c19-18-16-5-2-1-4-14(16)12-17(22-18)13-6-8-15(9-7-13)24-11-3-10-21-23-20;/h1-2,4-9,17H,3,10-12H2,(H2,19,22);1H. The molecule has 1 heterocycles. The van der Waals surface area contributed by atoms with Gasteiger partial charge in [0.25, 0.3) is 0 Å². The van der Waals surface area contributed by atoms with E-state index in [4.69, 9.17) is 16.0 Å². The molecule has 1 unspecified atom stereocenters.